The lowest BCUT2D eigenvalue weighted by Crippen LogP contribution is -2.35. The topological polar surface area (TPSA) is 82.6 Å². The van der Waals surface area contributed by atoms with Crippen LogP contribution in [-0.4, -0.2) is 28.8 Å². The molecular formula is C25H21N3O4. The Morgan fingerprint density at radius 3 is 2.66 bits per heavy atom. The van der Waals surface area contributed by atoms with Crippen molar-refractivity contribution in [3.63, 3.8) is 0 Å². The molecule has 1 aromatic heterocycles. The highest BCUT2D eigenvalue weighted by Gasteiger charge is 2.16. The number of aromatic nitrogens is 2. The molecular weight excluding hydrogens is 406 g/mol. The van der Waals surface area contributed by atoms with Gasteiger partial charge in [-0.15, -0.1) is 0 Å². The number of benzene rings is 3. The van der Waals surface area contributed by atoms with Gasteiger partial charge in [0.1, 0.15) is 5.75 Å². The van der Waals surface area contributed by atoms with Crippen molar-refractivity contribution in [3.05, 3.63) is 78.5 Å². The van der Waals surface area contributed by atoms with Crippen molar-refractivity contribution in [1.82, 2.24) is 15.3 Å². The maximum Gasteiger partial charge on any atom is 0.261 e. The van der Waals surface area contributed by atoms with Crippen LogP contribution in [0.2, 0.25) is 0 Å². The number of hydrogen-bond acceptors (Lipinski definition) is 6. The summed E-state index contributed by atoms with van der Waals surface area (Å²) in [5, 5.41) is 2.89. The molecule has 1 aliphatic rings. The van der Waals surface area contributed by atoms with Crippen molar-refractivity contribution in [2.24, 2.45) is 0 Å². The van der Waals surface area contributed by atoms with E-state index >= 15 is 0 Å². The van der Waals surface area contributed by atoms with Gasteiger partial charge in [0.05, 0.1) is 22.9 Å². The van der Waals surface area contributed by atoms with Crippen molar-refractivity contribution >= 4 is 16.9 Å². The summed E-state index contributed by atoms with van der Waals surface area (Å²) < 4.78 is 16.5. The molecule has 32 heavy (non-hydrogen) atoms. The normalized spacial score (nSPS) is 13.0. The second-order valence-corrected chi connectivity index (χ2v) is 7.43. The minimum Gasteiger partial charge on any atom is -0.481 e. The van der Waals surface area contributed by atoms with Crippen LogP contribution in [0.3, 0.4) is 0 Å². The Bertz CT molecular complexity index is 1270. The summed E-state index contributed by atoms with van der Waals surface area (Å²) in [6.07, 6.45) is 1.11. The number of fused-ring (bicyclic) bond motifs is 2. The Labute approximate surface area is 185 Å². The molecule has 0 saturated heterocycles. The van der Waals surface area contributed by atoms with E-state index in [4.69, 9.17) is 14.2 Å². The largest absolute Gasteiger partial charge is 0.481 e. The molecule has 1 N–H and O–H groups in total. The van der Waals surface area contributed by atoms with Gasteiger partial charge in [-0.05, 0) is 61.0 Å². The predicted octanol–water partition coefficient (Wildman–Crippen LogP) is 4.11. The molecule has 1 amide bonds. The second kappa shape index (κ2) is 8.55. The Morgan fingerprint density at radius 2 is 1.81 bits per heavy atom. The lowest BCUT2D eigenvalue weighted by molar-refractivity contribution is -0.127. The standard InChI is InChI=1S/C25H21N3O4/c1-16(25(29)27-13-17-6-11-23-24(12-17)31-15-30-23)32-19-9-7-18(8-10-19)22-14-26-20-4-2-3-5-21(20)28-22/h2-12,14,16H,13,15H2,1H3,(H,27,29)/t16-/m0/s1. The van der Waals surface area contributed by atoms with Gasteiger partial charge in [-0.1, -0.05) is 18.2 Å². The summed E-state index contributed by atoms with van der Waals surface area (Å²) in [5.41, 5.74) is 4.34. The molecule has 2 heterocycles. The molecule has 0 fully saturated rings. The maximum atomic E-state index is 12.5. The quantitative estimate of drug-likeness (QED) is 0.499. The van der Waals surface area contributed by atoms with E-state index in [-0.39, 0.29) is 12.7 Å². The Balaban J connectivity index is 1.19. The zero-order valence-electron chi connectivity index (χ0n) is 17.4. The number of hydrogen-bond donors (Lipinski definition) is 1. The van der Waals surface area contributed by atoms with Crippen LogP contribution in [0.1, 0.15) is 12.5 Å². The van der Waals surface area contributed by atoms with Crippen molar-refractivity contribution < 1.29 is 19.0 Å². The fourth-order valence-corrected chi connectivity index (χ4v) is 3.44. The highest BCUT2D eigenvalue weighted by atomic mass is 16.7. The van der Waals surface area contributed by atoms with E-state index in [1.54, 1.807) is 13.1 Å². The van der Waals surface area contributed by atoms with Gasteiger partial charge in [0.25, 0.3) is 5.91 Å². The van der Waals surface area contributed by atoms with Gasteiger partial charge >= 0.3 is 0 Å². The average Bonchev–Trinajstić information content (AvgIpc) is 3.30. The first-order chi connectivity index (χ1) is 15.7. The van der Waals surface area contributed by atoms with Crippen molar-refractivity contribution in [2.75, 3.05) is 6.79 Å². The van der Waals surface area contributed by atoms with Crippen molar-refractivity contribution in [1.29, 1.82) is 0 Å². The highest BCUT2D eigenvalue weighted by molar-refractivity contribution is 5.81. The monoisotopic (exact) mass is 427 g/mol. The van der Waals surface area contributed by atoms with E-state index in [0.29, 0.717) is 18.0 Å². The molecule has 4 aromatic rings. The lowest BCUT2D eigenvalue weighted by atomic mass is 10.1. The van der Waals surface area contributed by atoms with Gasteiger partial charge in [-0.25, -0.2) is 4.98 Å². The lowest BCUT2D eigenvalue weighted by Gasteiger charge is -2.15. The van der Waals surface area contributed by atoms with Gasteiger partial charge in [0.2, 0.25) is 6.79 Å². The van der Waals surface area contributed by atoms with E-state index in [2.05, 4.69) is 15.3 Å². The molecule has 1 aliphatic heterocycles. The first-order valence-electron chi connectivity index (χ1n) is 10.3. The van der Waals surface area contributed by atoms with Crippen LogP contribution in [-0.2, 0) is 11.3 Å². The number of carbonyl (C=O) groups is 1. The fraction of sp³-hybridized carbons (Fsp3) is 0.160. The number of nitrogens with zero attached hydrogens (tertiary/aromatic N) is 2. The third-order valence-electron chi connectivity index (χ3n) is 5.18. The molecule has 0 unspecified atom stereocenters. The molecule has 7 nitrogen and oxygen atoms in total. The second-order valence-electron chi connectivity index (χ2n) is 7.43. The van der Waals surface area contributed by atoms with Gasteiger partial charge in [0.15, 0.2) is 17.6 Å². The van der Waals surface area contributed by atoms with Gasteiger partial charge in [-0.3, -0.25) is 9.78 Å². The summed E-state index contributed by atoms with van der Waals surface area (Å²) in [4.78, 5) is 21.6. The van der Waals surface area contributed by atoms with Gasteiger partial charge in [-0.2, -0.15) is 0 Å². The van der Waals surface area contributed by atoms with E-state index in [1.807, 2.05) is 66.7 Å². The Kier molecular flexibility index (Phi) is 5.29. The smallest absolute Gasteiger partial charge is 0.261 e. The van der Waals surface area contributed by atoms with Crippen LogP contribution in [0, 0.1) is 0 Å². The number of rotatable bonds is 6. The molecule has 160 valence electrons. The summed E-state index contributed by atoms with van der Waals surface area (Å²) in [7, 11) is 0. The van der Waals surface area contributed by atoms with Crippen molar-refractivity contribution in [2.45, 2.75) is 19.6 Å². The molecule has 7 heteroatoms. The molecule has 1 atom stereocenters. The van der Waals surface area contributed by atoms with Crippen LogP contribution >= 0.6 is 0 Å². The fourth-order valence-electron chi connectivity index (χ4n) is 3.44. The van der Waals surface area contributed by atoms with Crippen LogP contribution in [0.15, 0.2) is 72.9 Å². The molecule has 0 spiro atoms. The van der Waals surface area contributed by atoms with E-state index in [1.165, 1.54) is 0 Å². The van der Waals surface area contributed by atoms with E-state index < -0.39 is 6.10 Å². The van der Waals surface area contributed by atoms with Crippen LogP contribution in [0.5, 0.6) is 17.2 Å². The summed E-state index contributed by atoms with van der Waals surface area (Å²) >= 11 is 0. The van der Waals surface area contributed by atoms with Crippen LogP contribution in [0.25, 0.3) is 22.3 Å². The number of para-hydroxylation sites is 2. The first-order valence-corrected chi connectivity index (χ1v) is 10.3. The number of nitrogens with one attached hydrogen (secondary N) is 1. The third-order valence-corrected chi connectivity index (χ3v) is 5.18. The van der Waals surface area contributed by atoms with Gasteiger partial charge in [0, 0.05) is 12.1 Å². The maximum absolute atomic E-state index is 12.5. The third kappa shape index (κ3) is 4.18. The number of carbonyl (C=O) groups excluding carboxylic acids is 1. The number of amides is 1. The molecule has 3 aromatic carbocycles. The minimum atomic E-state index is -0.643. The average molecular weight is 427 g/mol. The van der Waals surface area contributed by atoms with Crippen LogP contribution in [0.4, 0.5) is 0 Å². The zero-order valence-corrected chi connectivity index (χ0v) is 17.4. The molecule has 0 bridgehead atoms. The van der Waals surface area contributed by atoms with Gasteiger partial charge < -0.3 is 19.5 Å². The van der Waals surface area contributed by atoms with E-state index in [0.717, 1.165) is 33.6 Å². The minimum absolute atomic E-state index is 0.202. The number of ether oxygens (including phenoxy) is 3. The van der Waals surface area contributed by atoms with Crippen molar-refractivity contribution in [3.8, 4) is 28.5 Å². The summed E-state index contributed by atoms with van der Waals surface area (Å²) in [5.74, 6) is 1.81. The SMILES string of the molecule is C[C@H](Oc1ccc(-c2cnc3ccccc3n2)cc1)C(=O)NCc1ccc2c(c1)OCO2. The molecule has 0 aliphatic carbocycles. The van der Waals surface area contributed by atoms with Crippen LogP contribution < -0.4 is 19.5 Å². The molecule has 0 radical (unpaired) electrons. The highest BCUT2D eigenvalue weighted by Crippen LogP contribution is 2.32. The Hall–Kier alpha value is -4.13. The predicted molar refractivity (Wildman–Crippen MR) is 119 cm³/mol. The molecule has 0 saturated carbocycles. The molecule has 5 rings (SSSR count). The summed E-state index contributed by atoms with van der Waals surface area (Å²) in [6, 6.07) is 20.8. The Morgan fingerprint density at radius 1 is 1.03 bits per heavy atom. The van der Waals surface area contributed by atoms with E-state index in [9.17, 15) is 4.79 Å². The first kappa shape index (κ1) is 19.8. The summed E-state index contributed by atoms with van der Waals surface area (Å²) in [6.45, 7) is 2.32. The zero-order chi connectivity index (χ0) is 21.9.